The monoisotopic (exact) mass is 314 g/mol. The lowest BCUT2D eigenvalue weighted by Gasteiger charge is -2.04. The average Bonchev–Trinajstić information content (AvgIpc) is 3.23. The smallest absolute Gasteiger partial charge is 0.374 e. The van der Waals surface area contributed by atoms with Crippen LogP contribution in [0.25, 0.3) is 5.69 Å². The summed E-state index contributed by atoms with van der Waals surface area (Å²) in [6.45, 7) is 0.223. The van der Waals surface area contributed by atoms with Gasteiger partial charge in [0, 0.05) is 7.11 Å². The van der Waals surface area contributed by atoms with Crippen LogP contribution in [0, 0.1) is 0 Å². The Morgan fingerprint density at radius 1 is 1.17 bits per heavy atom. The van der Waals surface area contributed by atoms with Crippen LogP contribution in [0.5, 0.6) is 0 Å². The molecule has 2 aromatic heterocycles. The first-order chi connectivity index (χ1) is 11.3. The fourth-order valence-corrected chi connectivity index (χ4v) is 1.97. The number of rotatable bonds is 6. The molecule has 0 unspecified atom stereocenters. The molecule has 0 aliphatic carbocycles. The Labute approximate surface area is 131 Å². The van der Waals surface area contributed by atoms with Crippen LogP contribution in [-0.4, -0.2) is 33.3 Å². The molecule has 3 rings (SSSR count). The van der Waals surface area contributed by atoms with E-state index >= 15 is 0 Å². The molecule has 0 saturated heterocycles. The minimum absolute atomic E-state index is 0.0684. The summed E-state index contributed by atoms with van der Waals surface area (Å²) >= 11 is 0. The fourth-order valence-electron chi connectivity index (χ4n) is 1.97. The van der Waals surface area contributed by atoms with Crippen LogP contribution >= 0.6 is 0 Å². The molecule has 0 spiro atoms. The third-order valence-electron chi connectivity index (χ3n) is 3.02. The van der Waals surface area contributed by atoms with Gasteiger partial charge in [0.1, 0.15) is 12.4 Å². The van der Waals surface area contributed by atoms with E-state index < -0.39 is 5.97 Å². The number of aromatic nitrogens is 4. The van der Waals surface area contributed by atoms with Crippen molar-refractivity contribution in [3.05, 3.63) is 59.8 Å². The second kappa shape index (κ2) is 6.84. The van der Waals surface area contributed by atoms with Gasteiger partial charge in [-0.3, -0.25) is 0 Å². The van der Waals surface area contributed by atoms with E-state index in [4.69, 9.17) is 13.9 Å². The molecule has 118 valence electrons. The average molecular weight is 314 g/mol. The molecule has 23 heavy (non-hydrogen) atoms. The van der Waals surface area contributed by atoms with Gasteiger partial charge in [-0.25, -0.2) is 4.79 Å². The third kappa shape index (κ3) is 3.43. The summed E-state index contributed by atoms with van der Waals surface area (Å²) in [6.07, 6.45) is 0. The van der Waals surface area contributed by atoms with Crippen LogP contribution < -0.4 is 0 Å². The minimum atomic E-state index is -0.588. The maximum absolute atomic E-state index is 12.0. The molecule has 0 saturated carbocycles. The summed E-state index contributed by atoms with van der Waals surface area (Å²) in [5, 5.41) is 11.4. The van der Waals surface area contributed by atoms with Gasteiger partial charge in [0.2, 0.25) is 5.76 Å². The van der Waals surface area contributed by atoms with Crippen LogP contribution in [-0.2, 0) is 22.7 Å². The van der Waals surface area contributed by atoms with Crippen molar-refractivity contribution in [2.75, 3.05) is 7.11 Å². The Morgan fingerprint density at radius 3 is 2.78 bits per heavy atom. The normalized spacial score (nSPS) is 10.7. The summed E-state index contributed by atoms with van der Waals surface area (Å²) < 4.78 is 16.9. The molecular weight excluding hydrogens is 300 g/mol. The van der Waals surface area contributed by atoms with E-state index in [0.29, 0.717) is 18.2 Å². The van der Waals surface area contributed by atoms with E-state index in [1.165, 1.54) is 10.7 Å². The molecule has 3 aromatic rings. The number of para-hydroxylation sites is 1. The van der Waals surface area contributed by atoms with Gasteiger partial charge in [0.15, 0.2) is 12.4 Å². The van der Waals surface area contributed by atoms with Crippen LogP contribution in [0.3, 0.4) is 0 Å². The minimum Gasteiger partial charge on any atom is -0.452 e. The number of esters is 1. The van der Waals surface area contributed by atoms with Crippen LogP contribution in [0.1, 0.15) is 22.1 Å². The Balaban J connectivity index is 1.67. The molecule has 0 N–H and O–H groups in total. The quantitative estimate of drug-likeness (QED) is 0.640. The lowest BCUT2D eigenvalue weighted by atomic mass is 10.3. The Morgan fingerprint density at radius 2 is 2.00 bits per heavy atom. The molecule has 1 aromatic carbocycles. The van der Waals surface area contributed by atoms with Crippen LogP contribution in [0.15, 0.2) is 46.9 Å². The van der Waals surface area contributed by atoms with Crippen molar-refractivity contribution < 1.29 is 18.7 Å². The van der Waals surface area contributed by atoms with Crippen molar-refractivity contribution in [1.29, 1.82) is 0 Å². The number of carbonyl (C=O) groups excluding carboxylic acids is 1. The van der Waals surface area contributed by atoms with Crippen molar-refractivity contribution >= 4 is 5.97 Å². The summed E-state index contributed by atoms with van der Waals surface area (Å²) in [4.78, 5) is 12.0. The molecule has 0 bridgehead atoms. The fraction of sp³-hybridized carbons (Fsp3) is 0.200. The Kier molecular flexibility index (Phi) is 4.44. The number of ether oxygens (including phenoxy) is 2. The molecular formula is C15H14N4O4. The molecule has 0 aliphatic rings. The summed E-state index contributed by atoms with van der Waals surface area (Å²) in [7, 11) is 1.55. The number of carbonyl (C=O) groups is 1. The number of tetrazole rings is 1. The van der Waals surface area contributed by atoms with Gasteiger partial charge < -0.3 is 13.9 Å². The van der Waals surface area contributed by atoms with E-state index in [-0.39, 0.29) is 12.4 Å². The lowest BCUT2D eigenvalue weighted by molar-refractivity contribution is 0.0416. The number of furan rings is 1. The second-order valence-corrected chi connectivity index (χ2v) is 4.62. The van der Waals surface area contributed by atoms with Gasteiger partial charge in [0.25, 0.3) is 0 Å². The van der Waals surface area contributed by atoms with Gasteiger partial charge in [-0.05, 0) is 34.7 Å². The molecule has 8 heteroatoms. The van der Waals surface area contributed by atoms with E-state index in [1.807, 2.05) is 30.3 Å². The number of nitrogens with zero attached hydrogens (tertiary/aromatic N) is 4. The first-order valence-corrected chi connectivity index (χ1v) is 6.85. The first kappa shape index (κ1) is 14.9. The number of benzene rings is 1. The number of hydrogen-bond acceptors (Lipinski definition) is 7. The van der Waals surface area contributed by atoms with E-state index in [9.17, 15) is 4.79 Å². The SMILES string of the molecule is COCc1ccc(C(=O)OCc2nnnn2-c2ccccc2)o1. The molecule has 0 amide bonds. The Bertz CT molecular complexity index is 782. The van der Waals surface area contributed by atoms with Gasteiger partial charge in [-0.1, -0.05) is 18.2 Å². The predicted molar refractivity (Wildman–Crippen MR) is 77.7 cm³/mol. The van der Waals surface area contributed by atoms with Crippen molar-refractivity contribution in [2.24, 2.45) is 0 Å². The van der Waals surface area contributed by atoms with Crippen LogP contribution in [0.4, 0.5) is 0 Å². The van der Waals surface area contributed by atoms with Crippen molar-refractivity contribution in [3.63, 3.8) is 0 Å². The topological polar surface area (TPSA) is 92.3 Å². The highest BCUT2D eigenvalue weighted by Crippen LogP contribution is 2.12. The highest BCUT2D eigenvalue weighted by molar-refractivity contribution is 5.86. The maximum Gasteiger partial charge on any atom is 0.374 e. The highest BCUT2D eigenvalue weighted by Gasteiger charge is 2.15. The third-order valence-corrected chi connectivity index (χ3v) is 3.02. The second-order valence-electron chi connectivity index (χ2n) is 4.62. The molecule has 0 radical (unpaired) electrons. The summed E-state index contributed by atoms with van der Waals surface area (Å²) in [6, 6.07) is 12.5. The maximum atomic E-state index is 12.0. The lowest BCUT2D eigenvalue weighted by Crippen LogP contribution is -2.09. The standard InChI is InChI=1S/C15H14N4O4/c1-21-9-12-7-8-13(23-12)15(20)22-10-14-16-17-18-19(14)11-5-3-2-4-6-11/h2-8H,9-10H2,1H3. The molecule has 0 fully saturated rings. The zero-order chi connectivity index (χ0) is 16.1. The van der Waals surface area contributed by atoms with E-state index in [0.717, 1.165) is 5.69 Å². The highest BCUT2D eigenvalue weighted by atomic mass is 16.5. The number of methoxy groups -OCH3 is 1. The first-order valence-electron chi connectivity index (χ1n) is 6.85. The molecule has 0 aliphatic heterocycles. The van der Waals surface area contributed by atoms with Crippen molar-refractivity contribution in [3.8, 4) is 5.69 Å². The molecule has 8 nitrogen and oxygen atoms in total. The zero-order valence-electron chi connectivity index (χ0n) is 12.4. The number of hydrogen-bond donors (Lipinski definition) is 0. The molecule has 0 atom stereocenters. The van der Waals surface area contributed by atoms with Gasteiger partial charge in [0.05, 0.1) is 5.69 Å². The van der Waals surface area contributed by atoms with E-state index in [1.54, 1.807) is 13.2 Å². The zero-order valence-corrected chi connectivity index (χ0v) is 12.4. The van der Waals surface area contributed by atoms with Gasteiger partial charge in [-0.2, -0.15) is 4.68 Å². The predicted octanol–water partition coefficient (Wildman–Crippen LogP) is 1.76. The Hall–Kier alpha value is -3.00. The van der Waals surface area contributed by atoms with E-state index in [2.05, 4.69) is 15.5 Å². The molecule has 2 heterocycles. The summed E-state index contributed by atoms with van der Waals surface area (Å²) in [5.74, 6) is 0.479. The van der Waals surface area contributed by atoms with Crippen molar-refractivity contribution in [1.82, 2.24) is 20.2 Å². The van der Waals surface area contributed by atoms with Crippen molar-refractivity contribution in [2.45, 2.75) is 13.2 Å². The van der Waals surface area contributed by atoms with Crippen LogP contribution in [0.2, 0.25) is 0 Å². The van der Waals surface area contributed by atoms with Gasteiger partial charge >= 0.3 is 5.97 Å². The van der Waals surface area contributed by atoms with Gasteiger partial charge in [-0.15, -0.1) is 5.10 Å². The summed E-state index contributed by atoms with van der Waals surface area (Å²) in [5.41, 5.74) is 0.781. The largest absolute Gasteiger partial charge is 0.452 e.